The van der Waals surface area contributed by atoms with Gasteiger partial charge in [0.05, 0.1) is 5.60 Å². The van der Waals surface area contributed by atoms with Crippen LogP contribution in [-0.2, 0) is 6.42 Å². The van der Waals surface area contributed by atoms with E-state index in [1.165, 1.54) is 15.6 Å². The van der Waals surface area contributed by atoms with Crippen LogP contribution in [-0.4, -0.2) is 10.7 Å². The summed E-state index contributed by atoms with van der Waals surface area (Å²) in [4.78, 5) is 0. The molecule has 0 saturated carbocycles. The van der Waals surface area contributed by atoms with Gasteiger partial charge in [0.25, 0.3) is 0 Å². The van der Waals surface area contributed by atoms with Gasteiger partial charge in [-0.2, -0.15) is 0 Å². The van der Waals surface area contributed by atoms with Crippen molar-refractivity contribution in [2.24, 2.45) is 0 Å². The second-order valence-electron chi connectivity index (χ2n) is 4.36. The number of fused-ring (bicyclic) bond motifs is 1. The number of aliphatic hydroxyl groups is 1. The molecular weight excluding hydrogens is 272 g/mol. The Kier molecular flexibility index (Phi) is 2.88. The van der Waals surface area contributed by atoms with Crippen molar-refractivity contribution < 1.29 is 5.11 Å². The van der Waals surface area contributed by atoms with E-state index in [9.17, 15) is 5.11 Å². The molecule has 0 radical (unpaired) electrons. The number of hydrogen-bond donors (Lipinski definition) is 1. The lowest BCUT2D eigenvalue weighted by molar-refractivity contribution is 0.0814. The minimum absolute atomic E-state index is 0.650. The van der Waals surface area contributed by atoms with Gasteiger partial charge in [-0.1, -0.05) is 22.0 Å². The third-order valence-corrected chi connectivity index (χ3v) is 3.91. The van der Waals surface area contributed by atoms with Gasteiger partial charge < -0.3 is 5.11 Å². The summed E-state index contributed by atoms with van der Waals surface area (Å²) in [5.41, 5.74) is 0.568. The highest BCUT2D eigenvalue weighted by atomic mass is 79.9. The molecule has 0 fully saturated rings. The predicted molar refractivity (Wildman–Crippen MR) is 69.5 cm³/mol. The molecule has 0 amide bonds. The molecule has 1 heterocycles. The number of halogens is 1. The van der Waals surface area contributed by atoms with E-state index in [0.29, 0.717) is 6.42 Å². The van der Waals surface area contributed by atoms with Crippen LogP contribution in [0, 0.1) is 0 Å². The highest BCUT2D eigenvalue weighted by Gasteiger charge is 2.17. The van der Waals surface area contributed by atoms with Crippen molar-refractivity contribution in [2.75, 3.05) is 0 Å². The normalized spacial score (nSPS) is 12.3. The van der Waals surface area contributed by atoms with Gasteiger partial charge in [-0.3, -0.25) is 0 Å². The van der Waals surface area contributed by atoms with Crippen LogP contribution in [0.2, 0.25) is 0 Å². The van der Waals surface area contributed by atoms with Crippen LogP contribution in [0.1, 0.15) is 19.4 Å². The molecule has 2 rings (SSSR count). The van der Waals surface area contributed by atoms with E-state index in [0.717, 1.165) is 4.47 Å². The van der Waals surface area contributed by atoms with Crippen molar-refractivity contribution >= 4 is 37.4 Å². The maximum Gasteiger partial charge on any atom is 0.0632 e. The summed E-state index contributed by atoms with van der Waals surface area (Å²) in [6.07, 6.45) is 0.690. The second-order valence-corrected chi connectivity index (χ2v) is 6.13. The maximum atomic E-state index is 9.83. The Morgan fingerprint density at radius 1 is 1.40 bits per heavy atom. The molecule has 0 aliphatic heterocycles. The summed E-state index contributed by atoms with van der Waals surface area (Å²) in [6, 6.07) is 6.19. The van der Waals surface area contributed by atoms with Gasteiger partial charge in [0.1, 0.15) is 0 Å². The number of benzene rings is 1. The molecule has 2 aromatic rings. The minimum atomic E-state index is -0.650. The number of thiophene rings is 1. The first-order valence-electron chi connectivity index (χ1n) is 4.84. The van der Waals surface area contributed by atoms with Gasteiger partial charge in [0.15, 0.2) is 0 Å². The molecule has 80 valence electrons. The molecule has 0 spiro atoms. The summed E-state index contributed by atoms with van der Waals surface area (Å²) in [6.45, 7) is 3.68. The van der Waals surface area contributed by atoms with Crippen LogP contribution < -0.4 is 0 Å². The molecule has 0 aliphatic carbocycles. The van der Waals surface area contributed by atoms with Gasteiger partial charge in [-0.15, -0.1) is 11.3 Å². The van der Waals surface area contributed by atoms with Gasteiger partial charge in [-0.25, -0.2) is 0 Å². The van der Waals surface area contributed by atoms with Crippen molar-refractivity contribution in [1.82, 2.24) is 0 Å². The maximum absolute atomic E-state index is 9.83. The molecule has 1 N–H and O–H groups in total. The average Bonchev–Trinajstić information content (AvgIpc) is 2.47. The van der Waals surface area contributed by atoms with Crippen LogP contribution in [0.25, 0.3) is 10.1 Å². The average molecular weight is 285 g/mol. The largest absolute Gasteiger partial charge is 0.390 e. The molecule has 1 nitrogen and oxygen atoms in total. The molecule has 0 unspecified atom stereocenters. The third kappa shape index (κ3) is 2.41. The van der Waals surface area contributed by atoms with Crippen molar-refractivity contribution in [3.8, 4) is 0 Å². The zero-order chi connectivity index (χ0) is 11.1. The molecule has 15 heavy (non-hydrogen) atoms. The van der Waals surface area contributed by atoms with E-state index in [-0.39, 0.29) is 0 Å². The molecular formula is C12H13BrOS. The third-order valence-electron chi connectivity index (χ3n) is 2.25. The number of rotatable bonds is 2. The molecule has 0 atom stereocenters. The topological polar surface area (TPSA) is 20.2 Å². The van der Waals surface area contributed by atoms with Gasteiger partial charge in [-0.05, 0) is 36.9 Å². The van der Waals surface area contributed by atoms with Crippen LogP contribution in [0.3, 0.4) is 0 Å². The van der Waals surface area contributed by atoms with Gasteiger partial charge in [0, 0.05) is 21.0 Å². The van der Waals surface area contributed by atoms with E-state index in [2.05, 4.69) is 27.4 Å². The summed E-state index contributed by atoms with van der Waals surface area (Å²) < 4.78 is 2.38. The first kappa shape index (κ1) is 11.1. The molecule has 3 heteroatoms. The monoisotopic (exact) mass is 284 g/mol. The Bertz CT molecular complexity index is 482. The predicted octanol–water partition coefficient (Wildman–Crippen LogP) is 3.98. The van der Waals surface area contributed by atoms with E-state index in [1.54, 1.807) is 11.3 Å². The molecule has 0 saturated heterocycles. The fraction of sp³-hybridized carbons (Fsp3) is 0.333. The Morgan fingerprint density at radius 3 is 2.80 bits per heavy atom. The lowest BCUT2D eigenvalue weighted by Gasteiger charge is -2.16. The highest BCUT2D eigenvalue weighted by molar-refractivity contribution is 9.10. The Hall–Kier alpha value is -0.380. The second kappa shape index (κ2) is 3.89. The molecule has 1 aromatic heterocycles. The molecule has 1 aromatic carbocycles. The van der Waals surface area contributed by atoms with Crippen LogP contribution >= 0.6 is 27.3 Å². The quantitative estimate of drug-likeness (QED) is 0.885. The standard InChI is InChI=1S/C12H13BrOS/c1-12(2,14)6-8-7-15-10-5-3-4-9(13)11(8)10/h3-5,7,14H,6H2,1-2H3. The van der Waals surface area contributed by atoms with Crippen molar-refractivity contribution in [3.63, 3.8) is 0 Å². The molecule has 0 aliphatic rings. The smallest absolute Gasteiger partial charge is 0.0632 e. The van der Waals surface area contributed by atoms with Gasteiger partial charge >= 0.3 is 0 Å². The van der Waals surface area contributed by atoms with E-state index in [4.69, 9.17) is 0 Å². The SMILES string of the molecule is CC(C)(O)Cc1csc2cccc(Br)c12. The fourth-order valence-electron chi connectivity index (χ4n) is 1.70. The van der Waals surface area contributed by atoms with Crippen LogP contribution in [0.5, 0.6) is 0 Å². The minimum Gasteiger partial charge on any atom is -0.390 e. The van der Waals surface area contributed by atoms with Crippen molar-refractivity contribution in [3.05, 3.63) is 33.6 Å². The first-order valence-corrected chi connectivity index (χ1v) is 6.51. The summed E-state index contributed by atoms with van der Waals surface area (Å²) in [5.74, 6) is 0. The van der Waals surface area contributed by atoms with E-state index in [1.807, 2.05) is 26.0 Å². The Labute approximate surface area is 102 Å². The fourth-order valence-corrected chi connectivity index (χ4v) is 3.44. The lowest BCUT2D eigenvalue weighted by atomic mass is 9.98. The lowest BCUT2D eigenvalue weighted by Crippen LogP contribution is -2.21. The van der Waals surface area contributed by atoms with Crippen LogP contribution in [0.4, 0.5) is 0 Å². The Balaban J connectivity index is 2.53. The zero-order valence-electron chi connectivity index (χ0n) is 8.75. The zero-order valence-corrected chi connectivity index (χ0v) is 11.2. The summed E-state index contributed by atoms with van der Waals surface area (Å²) >= 11 is 5.29. The van der Waals surface area contributed by atoms with Crippen molar-refractivity contribution in [2.45, 2.75) is 25.9 Å². The summed E-state index contributed by atoms with van der Waals surface area (Å²) in [5, 5.41) is 13.2. The van der Waals surface area contributed by atoms with Crippen LogP contribution in [0.15, 0.2) is 28.1 Å². The highest BCUT2D eigenvalue weighted by Crippen LogP contribution is 2.33. The number of hydrogen-bond acceptors (Lipinski definition) is 2. The van der Waals surface area contributed by atoms with E-state index >= 15 is 0 Å². The van der Waals surface area contributed by atoms with Gasteiger partial charge in [0.2, 0.25) is 0 Å². The first-order chi connectivity index (χ1) is 6.97. The molecule has 0 bridgehead atoms. The van der Waals surface area contributed by atoms with E-state index < -0.39 is 5.60 Å². The summed E-state index contributed by atoms with van der Waals surface area (Å²) in [7, 11) is 0. The van der Waals surface area contributed by atoms with Crippen molar-refractivity contribution in [1.29, 1.82) is 0 Å². The Morgan fingerprint density at radius 2 is 2.13 bits per heavy atom.